The lowest BCUT2D eigenvalue weighted by atomic mass is 9.99. The lowest BCUT2D eigenvalue weighted by molar-refractivity contribution is 1.36. The van der Waals surface area contributed by atoms with Crippen molar-refractivity contribution in [2.45, 2.75) is 0 Å². The quantitative estimate of drug-likeness (QED) is 0.637. The van der Waals surface area contributed by atoms with E-state index in [1.165, 1.54) is 10.9 Å². The van der Waals surface area contributed by atoms with Gasteiger partial charge < -0.3 is 5.73 Å². The van der Waals surface area contributed by atoms with Crippen LogP contribution in [0.15, 0.2) is 60.9 Å². The monoisotopic (exact) mass is 220 g/mol. The molecule has 17 heavy (non-hydrogen) atoms. The molecule has 0 aliphatic heterocycles. The van der Waals surface area contributed by atoms with E-state index in [4.69, 9.17) is 5.73 Å². The summed E-state index contributed by atoms with van der Waals surface area (Å²) in [5.41, 5.74) is 9.03. The van der Waals surface area contributed by atoms with E-state index >= 15 is 0 Å². The maximum Gasteiger partial charge on any atom is 0.0347 e. The molecule has 0 fully saturated rings. The highest BCUT2D eigenvalue weighted by Crippen LogP contribution is 2.30. The summed E-state index contributed by atoms with van der Waals surface area (Å²) in [7, 11) is 0. The Morgan fingerprint density at radius 2 is 1.76 bits per heavy atom. The molecule has 0 aliphatic carbocycles. The van der Waals surface area contributed by atoms with Gasteiger partial charge in [0.2, 0.25) is 0 Å². The zero-order valence-electron chi connectivity index (χ0n) is 9.30. The van der Waals surface area contributed by atoms with Gasteiger partial charge in [0.1, 0.15) is 0 Å². The summed E-state index contributed by atoms with van der Waals surface area (Å²) in [4.78, 5) is 4.13. The number of aromatic nitrogens is 1. The molecule has 0 spiro atoms. The number of nitrogens with zero attached hydrogens (tertiary/aromatic N) is 1. The van der Waals surface area contributed by atoms with Gasteiger partial charge in [-0.15, -0.1) is 0 Å². The number of pyridine rings is 1. The molecular weight excluding hydrogens is 208 g/mol. The van der Waals surface area contributed by atoms with Crippen molar-refractivity contribution in [3.05, 3.63) is 60.9 Å². The lowest BCUT2D eigenvalue weighted by Crippen LogP contribution is -1.88. The van der Waals surface area contributed by atoms with E-state index in [0.29, 0.717) is 0 Å². The van der Waals surface area contributed by atoms with Crippen molar-refractivity contribution in [1.29, 1.82) is 0 Å². The Balaban J connectivity index is 2.36. The topological polar surface area (TPSA) is 38.9 Å². The molecule has 1 aromatic heterocycles. The van der Waals surface area contributed by atoms with E-state index in [-0.39, 0.29) is 0 Å². The van der Waals surface area contributed by atoms with E-state index < -0.39 is 0 Å². The van der Waals surface area contributed by atoms with E-state index in [1.54, 1.807) is 0 Å². The molecule has 3 aromatic rings. The molecule has 3 rings (SSSR count). The fraction of sp³-hybridized carbons (Fsp3) is 0. The van der Waals surface area contributed by atoms with Gasteiger partial charge in [-0.3, -0.25) is 4.98 Å². The number of hydrogen-bond acceptors (Lipinski definition) is 2. The van der Waals surface area contributed by atoms with Crippen molar-refractivity contribution in [2.75, 3.05) is 5.73 Å². The number of nitrogens with two attached hydrogens (primary N) is 1. The molecule has 0 atom stereocenters. The van der Waals surface area contributed by atoms with E-state index in [0.717, 1.165) is 16.6 Å². The number of anilines is 1. The Morgan fingerprint density at radius 1 is 0.941 bits per heavy atom. The van der Waals surface area contributed by atoms with Crippen LogP contribution in [0.5, 0.6) is 0 Å². The van der Waals surface area contributed by atoms with Gasteiger partial charge in [-0.1, -0.05) is 30.3 Å². The highest BCUT2D eigenvalue weighted by molar-refractivity contribution is 5.98. The predicted octanol–water partition coefficient (Wildman–Crippen LogP) is 3.48. The predicted molar refractivity (Wildman–Crippen MR) is 71.6 cm³/mol. The second-order valence-corrected chi connectivity index (χ2v) is 4.03. The van der Waals surface area contributed by atoms with Crippen molar-refractivity contribution in [2.24, 2.45) is 0 Å². The summed E-state index contributed by atoms with van der Waals surface area (Å²) >= 11 is 0. The highest BCUT2D eigenvalue weighted by atomic mass is 14.6. The van der Waals surface area contributed by atoms with Crippen molar-refractivity contribution in [3.8, 4) is 11.1 Å². The fourth-order valence-electron chi connectivity index (χ4n) is 2.09. The Morgan fingerprint density at radius 3 is 2.59 bits per heavy atom. The van der Waals surface area contributed by atoms with E-state index in [9.17, 15) is 0 Å². The molecule has 2 N–H and O–H groups in total. The molecule has 0 saturated heterocycles. The van der Waals surface area contributed by atoms with Gasteiger partial charge in [0.25, 0.3) is 0 Å². The third-order valence-corrected chi connectivity index (χ3v) is 2.86. The highest BCUT2D eigenvalue weighted by Gasteiger charge is 2.04. The largest absolute Gasteiger partial charge is 0.399 e. The maximum absolute atomic E-state index is 5.93. The van der Waals surface area contributed by atoms with Crippen LogP contribution in [-0.4, -0.2) is 4.98 Å². The van der Waals surface area contributed by atoms with Crippen LogP contribution >= 0.6 is 0 Å². The van der Waals surface area contributed by atoms with E-state index in [2.05, 4.69) is 17.1 Å². The summed E-state index contributed by atoms with van der Waals surface area (Å²) in [5, 5.41) is 2.26. The smallest absolute Gasteiger partial charge is 0.0347 e. The van der Waals surface area contributed by atoms with Gasteiger partial charge in [0.05, 0.1) is 0 Å². The number of nitrogen functional groups attached to an aromatic ring is 1. The molecule has 0 amide bonds. The number of benzene rings is 2. The molecule has 0 radical (unpaired) electrons. The van der Waals surface area contributed by atoms with Crippen molar-refractivity contribution in [3.63, 3.8) is 0 Å². The SMILES string of the molecule is Nc1cc(-c2ccccc2)c2ccncc2c1. The van der Waals surface area contributed by atoms with Crippen LogP contribution in [0.4, 0.5) is 5.69 Å². The van der Waals surface area contributed by atoms with Crippen molar-refractivity contribution in [1.82, 2.24) is 4.98 Å². The summed E-state index contributed by atoms with van der Waals surface area (Å²) in [6.07, 6.45) is 3.66. The second kappa shape index (κ2) is 3.91. The molecule has 2 aromatic carbocycles. The van der Waals surface area contributed by atoms with Gasteiger partial charge in [-0.2, -0.15) is 0 Å². The van der Waals surface area contributed by atoms with Crippen LogP contribution in [-0.2, 0) is 0 Å². The average molecular weight is 220 g/mol. The molecule has 2 heteroatoms. The van der Waals surface area contributed by atoms with Crippen molar-refractivity contribution < 1.29 is 0 Å². The maximum atomic E-state index is 5.93. The van der Waals surface area contributed by atoms with Gasteiger partial charge in [0, 0.05) is 23.5 Å². The van der Waals surface area contributed by atoms with Gasteiger partial charge >= 0.3 is 0 Å². The van der Waals surface area contributed by atoms with Gasteiger partial charge in [0.15, 0.2) is 0 Å². The molecule has 82 valence electrons. The zero-order chi connectivity index (χ0) is 11.7. The van der Waals surface area contributed by atoms with Crippen LogP contribution < -0.4 is 5.73 Å². The van der Waals surface area contributed by atoms with Crippen molar-refractivity contribution >= 4 is 16.5 Å². The Labute approximate surface area is 99.7 Å². The Kier molecular flexibility index (Phi) is 2.26. The number of rotatable bonds is 1. The minimum Gasteiger partial charge on any atom is -0.399 e. The summed E-state index contributed by atoms with van der Waals surface area (Å²) in [6.45, 7) is 0. The van der Waals surface area contributed by atoms with Crippen LogP contribution in [0.3, 0.4) is 0 Å². The Hall–Kier alpha value is -2.35. The normalized spacial score (nSPS) is 10.6. The summed E-state index contributed by atoms with van der Waals surface area (Å²) < 4.78 is 0. The summed E-state index contributed by atoms with van der Waals surface area (Å²) in [5.74, 6) is 0. The van der Waals surface area contributed by atoms with Crippen LogP contribution in [0, 0.1) is 0 Å². The average Bonchev–Trinajstić information content (AvgIpc) is 2.39. The van der Waals surface area contributed by atoms with Crippen LogP contribution in [0.2, 0.25) is 0 Å². The third kappa shape index (κ3) is 1.74. The first-order valence-electron chi connectivity index (χ1n) is 5.53. The van der Waals surface area contributed by atoms with Crippen LogP contribution in [0.1, 0.15) is 0 Å². The standard InChI is InChI=1S/C15H12N2/c16-13-8-12-10-17-7-6-14(12)15(9-13)11-4-2-1-3-5-11/h1-10H,16H2. The molecule has 0 aliphatic rings. The summed E-state index contributed by atoms with van der Waals surface area (Å²) in [6, 6.07) is 16.3. The zero-order valence-corrected chi connectivity index (χ0v) is 9.30. The van der Waals surface area contributed by atoms with E-state index in [1.807, 2.05) is 48.8 Å². The number of fused-ring (bicyclic) bond motifs is 1. The minimum atomic E-state index is 0.768. The van der Waals surface area contributed by atoms with Gasteiger partial charge in [-0.25, -0.2) is 0 Å². The second-order valence-electron chi connectivity index (χ2n) is 4.03. The lowest BCUT2D eigenvalue weighted by Gasteiger charge is -2.08. The first kappa shape index (κ1) is 9.85. The third-order valence-electron chi connectivity index (χ3n) is 2.86. The Bertz CT molecular complexity index is 660. The molecule has 2 nitrogen and oxygen atoms in total. The van der Waals surface area contributed by atoms with Crippen LogP contribution in [0.25, 0.3) is 21.9 Å². The molecular formula is C15H12N2. The first-order valence-corrected chi connectivity index (χ1v) is 5.53. The molecule has 0 saturated carbocycles. The fourth-order valence-corrected chi connectivity index (χ4v) is 2.09. The first-order chi connectivity index (χ1) is 8.34. The minimum absolute atomic E-state index is 0.768. The molecule has 0 unspecified atom stereocenters. The number of hydrogen-bond donors (Lipinski definition) is 1. The molecule has 1 heterocycles. The van der Waals surface area contributed by atoms with Gasteiger partial charge in [-0.05, 0) is 34.7 Å². The molecule has 0 bridgehead atoms.